The van der Waals surface area contributed by atoms with Gasteiger partial charge in [0.25, 0.3) is 17.7 Å². The van der Waals surface area contributed by atoms with Crippen molar-refractivity contribution in [2.45, 2.75) is 39.3 Å². The van der Waals surface area contributed by atoms with E-state index in [4.69, 9.17) is 4.74 Å². The smallest absolute Gasteiger partial charge is 0.416 e. The molecule has 1 aromatic carbocycles. The highest BCUT2D eigenvalue weighted by Crippen LogP contribution is 2.25. The van der Waals surface area contributed by atoms with Crippen LogP contribution in [0.15, 0.2) is 29.3 Å². The van der Waals surface area contributed by atoms with Gasteiger partial charge in [-0.25, -0.2) is 4.79 Å². The summed E-state index contributed by atoms with van der Waals surface area (Å²) in [6.07, 6.45) is 0.987. The molecule has 1 unspecified atom stereocenters. The number of imide groups is 1. The number of fused-ring (bicyclic) bond motifs is 1. The van der Waals surface area contributed by atoms with Crippen molar-refractivity contribution in [3.63, 3.8) is 0 Å². The van der Waals surface area contributed by atoms with Crippen LogP contribution in [0.2, 0.25) is 0 Å². The standard InChI is InChI=1S/C19H23N3O5S/c1-11(22-15(24)12-9-7-8-10-13(12)16(22)25)14(23)20-17(28-6)21(5)18(26)27-19(2,3)4/h7-11H,1-6H3. The highest BCUT2D eigenvalue weighted by molar-refractivity contribution is 8.13. The van der Waals surface area contributed by atoms with Crippen molar-refractivity contribution < 1.29 is 23.9 Å². The van der Waals surface area contributed by atoms with Crippen LogP contribution < -0.4 is 0 Å². The Balaban J connectivity index is 2.21. The van der Waals surface area contributed by atoms with E-state index in [0.29, 0.717) is 0 Å². The van der Waals surface area contributed by atoms with E-state index in [-0.39, 0.29) is 16.3 Å². The highest BCUT2D eigenvalue weighted by Gasteiger charge is 2.40. The van der Waals surface area contributed by atoms with Gasteiger partial charge < -0.3 is 4.74 Å². The van der Waals surface area contributed by atoms with E-state index >= 15 is 0 Å². The zero-order valence-corrected chi connectivity index (χ0v) is 17.5. The van der Waals surface area contributed by atoms with Crippen LogP contribution in [0, 0.1) is 0 Å². The first kappa shape index (κ1) is 21.6. The molecule has 0 saturated carbocycles. The van der Waals surface area contributed by atoms with Crippen LogP contribution >= 0.6 is 11.8 Å². The van der Waals surface area contributed by atoms with Gasteiger partial charge in [-0.15, -0.1) is 0 Å². The minimum Gasteiger partial charge on any atom is -0.443 e. The normalized spacial score (nSPS) is 15.4. The van der Waals surface area contributed by atoms with Gasteiger partial charge in [0.1, 0.15) is 11.6 Å². The van der Waals surface area contributed by atoms with Crippen LogP contribution in [-0.4, -0.2) is 63.7 Å². The van der Waals surface area contributed by atoms with Crippen molar-refractivity contribution >= 4 is 40.7 Å². The summed E-state index contributed by atoms with van der Waals surface area (Å²) in [5.74, 6) is -1.79. The lowest BCUT2D eigenvalue weighted by atomic mass is 10.1. The minimum atomic E-state index is -1.11. The molecule has 150 valence electrons. The van der Waals surface area contributed by atoms with Crippen LogP contribution in [0.5, 0.6) is 0 Å². The lowest BCUT2D eigenvalue weighted by Crippen LogP contribution is -2.43. The molecule has 2 rings (SSSR count). The van der Waals surface area contributed by atoms with Crippen LogP contribution in [0.25, 0.3) is 0 Å². The number of thioether (sulfide) groups is 1. The molecule has 1 atom stereocenters. The number of nitrogens with zero attached hydrogens (tertiary/aromatic N) is 3. The number of hydrogen-bond donors (Lipinski definition) is 0. The Hall–Kier alpha value is -2.68. The number of amides is 4. The van der Waals surface area contributed by atoms with E-state index in [0.717, 1.165) is 21.6 Å². The Morgan fingerprint density at radius 2 is 1.64 bits per heavy atom. The molecule has 28 heavy (non-hydrogen) atoms. The van der Waals surface area contributed by atoms with Crippen molar-refractivity contribution in [2.24, 2.45) is 4.99 Å². The number of rotatable bonds is 2. The maximum atomic E-state index is 12.6. The van der Waals surface area contributed by atoms with Gasteiger partial charge in [-0.3, -0.25) is 24.2 Å². The summed E-state index contributed by atoms with van der Waals surface area (Å²) in [5.41, 5.74) is -0.189. The molecular weight excluding hydrogens is 382 g/mol. The largest absolute Gasteiger partial charge is 0.443 e. The molecule has 1 aliphatic heterocycles. The van der Waals surface area contributed by atoms with Gasteiger partial charge in [-0.1, -0.05) is 23.9 Å². The molecule has 0 spiro atoms. The van der Waals surface area contributed by atoms with Crippen LogP contribution in [0.4, 0.5) is 4.79 Å². The maximum absolute atomic E-state index is 12.6. The first-order valence-corrected chi connectivity index (χ1v) is 9.80. The molecule has 4 amide bonds. The second-order valence-electron chi connectivity index (χ2n) is 7.18. The molecule has 0 fully saturated rings. The summed E-state index contributed by atoms with van der Waals surface area (Å²) in [5, 5.41) is 0.0997. The maximum Gasteiger partial charge on any atom is 0.416 e. The van der Waals surface area contributed by atoms with E-state index in [1.807, 2.05) is 0 Å². The molecule has 0 saturated heterocycles. The molecule has 1 aliphatic rings. The Morgan fingerprint density at radius 1 is 1.14 bits per heavy atom. The fraction of sp³-hybridized carbons (Fsp3) is 0.421. The van der Waals surface area contributed by atoms with Crippen LogP contribution in [0.3, 0.4) is 0 Å². The first-order valence-electron chi connectivity index (χ1n) is 8.58. The molecule has 0 radical (unpaired) electrons. The van der Waals surface area contributed by atoms with Crippen molar-refractivity contribution in [1.29, 1.82) is 0 Å². The van der Waals surface area contributed by atoms with E-state index in [1.54, 1.807) is 51.3 Å². The van der Waals surface area contributed by atoms with Gasteiger partial charge in [-0.2, -0.15) is 4.99 Å². The number of hydrogen-bond acceptors (Lipinski definition) is 6. The molecule has 0 aromatic heterocycles. The fourth-order valence-corrected chi connectivity index (χ4v) is 3.05. The van der Waals surface area contributed by atoms with E-state index < -0.39 is 35.5 Å². The molecular formula is C19H23N3O5S. The van der Waals surface area contributed by atoms with Gasteiger partial charge in [0.15, 0.2) is 5.17 Å². The molecule has 0 bridgehead atoms. The fourth-order valence-electron chi connectivity index (χ4n) is 2.52. The summed E-state index contributed by atoms with van der Waals surface area (Å²) in [6.45, 7) is 6.61. The SMILES string of the molecule is CSC(=NC(=O)C(C)N1C(=O)c2ccccc2C1=O)N(C)C(=O)OC(C)(C)C. The van der Waals surface area contributed by atoms with Crippen LogP contribution in [0.1, 0.15) is 48.4 Å². The third kappa shape index (κ3) is 4.41. The number of carbonyl (C=O) groups excluding carboxylic acids is 4. The molecule has 0 aliphatic carbocycles. The number of amidine groups is 1. The Kier molecular flexibility index (Phi) is 6.28. The lowest BCUT2D eigenvalue weighted by Gasteiger charge is -2.25. The molecule has 1 aromatic rings. The number of ether oxygens (including phenoxy) is 1. The number of aliphatic imine (C=N–C) groups is 1. The summed E-state index contributed by atoms with van der Waals surface area (Å²) >= 11 is 1.08. The van der Waals surface area contributed by atoms with Crippen molar-refractivity contribution in [2.75, 3.05) is 13.3 Å². The summed E-state index contributed by atoms with van der Waals surface area (Å²) in [7, 11) is 1.43. The predicted octanol–water partition coefficient (Wildman–Crippen LogP) is 2.78. The second kappa shape index (κ2) is 8.14. The molecule has 9 heteroatoms. The third-order valence-electron chi connectivity index (χ3n) is 3.91. The van der Waals surface area contributed by atoms with Crippen molar-refractivity contribution in [1.82, 2.24) is 9.80 Å². The average molecular weight is 405 g/mol. The van der Waals surface area contributed by atoms with Gasteiger partial charge in [0.05, 0.1) is 11.1 Å². The zero-order valence-electron chi connectivity index (χ0n) is 16.7. The molecule has 1 heterocycles. The van der Waals surface area contributed by atoms with Crippen molar-refractivity contribution in [3.05, 3.63) is 35.4 Å². The first-order chi connectivity index (χ1) is 13.0. The van der Waals surface area contributed by atoms with Crippen molar-refractivity contribution in [3.8, 4) is 0 Å². The highest BCUT2D eigenvalue weighted by atomic mass is 32.2. The van der Waals surface area contributed by atoms with E-state index in [1.165, 1.54) is 14.0 Å². The molecule has 8 nitrogen and oxygen atoms in total. The summed E-state index contributed by atoms with van der Waals surface area (Å²) < 4.78 is 5.26. The second-order valence-corrected chi connectivity index (χ2v) is 7.95. The average Bonchev–Trinajstić information content (AvgIpc) is 2.88. The van der Waals surface area contributed by atoms with Gasteiger partial charge in [-0.05, 0) is 46.1 Å². The summed E-state index contributed by atoms with van der Waals surface area (Å²) in [6, 6.07) is 5.28. The monoisotopic (exact) mass is 405 g/mol. The van der Waals surface area contributed by atoms with Gasteiger partial charge in [0.2, 0.25) is 0 Å². The minimum absolute atomic E-state index is 0.0997. The number of benzene rings is 1. The Labute approximate surface area is 167 Å². The van der Waals surface area contributed by atoms with Gasteiger partial charge in [0, 0.05) is 7.05 Å². The van der Waals surface area contributed by atoms with Gasteiger partial charge >= 0.3 is 6.09 Å². The topological polar surface area (TPSA) is 96.4 Å². The lowest BCUT2D eigenvalue weighted by molar-refractivity contribution is -0.121. The van der Waals surface area contributed by atoms with E-state index in [2.05, 4.69) is 4.99 Å². The van der Waals surface area contributed by atoms with Crippen LogP contribution in [-0.2, 0) is 9.53 Å². The Morgan fingerprint density at radius 3 is 2.07 bits per heavy atom. The zero-order chi connectivity index (χ0) is 21.2. The van der Waals surface area contributed by atoms with E-state index in [9.17, 15) is 19.2 Å². The third-order valence-corrected chi connectivity index (χ3v) is 4.64. The quantitative estimate of drug-likeness (QED) is 0.426. The molecule has 0 N–H and O–H groups in total. The Bertz CT molecular complexity index is 824. The number of carbonyl (C=O) groups is 4. The predicted molar refractivity (Wildman–Crippen MR) is 106 cm³/mol. The summed E-state index contributed by atoms with van der Waals surface area (Å²) in [4.78, 5) is 55.8.